The highest BCUT2D eigenvalue weighted by Gasteiger charge is 2.17. The van der Waals surface area contributed by atoms with Crippen molar-refractivity contribution in [2.75, 3.05) is 23.8 Å². The van der Waals surface area contributed by atoms with Crippen molar-refractivity contribution in [2.45, 2.75) is 38.8 Å². The summed E-state index contributed by atoms with van der Waals surface area (Å²) in [5.41, 5.74) is 5.63. The molecule has 1 fully saturated rings. The minimum Gasteiger partial charge on any atom is -0.381 e. The maximum atomic E-state index is 11.4. The zero-order valence-corrected chi connectivity index (χ0v) is 11.8. The van der Waals surface area contributed by atoms with Crippen LogP contribution >= 0.6 is 0 Å². The highest BCUT2D eigenvalue weighted by molar-refractivity contribution is 5.97. The number of nitrogens with two attached hydrogens (primary N) is 1. The minimum atomic E-state index is -0.536. The van der Waals surface area contributed by atoms with Gasteiger partial charge < -0.3 is 21.1 Å². The van der Waals surface area contributed by atoms with Gasteiger partial charge in [0, 0.05) is 31.5 Å². The summed E-state index contributed by atoms with van der Waals surface area (Å²) in [5.74, 6) is 0.438. The van der Waals surface area contributed by atoms with Crippen molar-refractivity contribution in [3.63, 3.8) is 0 Å². The fraction of sp³-hybridized carbons (Fsp3) is 0.615. The zero-order chi connectivity index (χ0) is 14.5. The lowest BCUT2D eigenvalue weighted by molar-refractivity contribution is 0.0903. The van der Waals surface area contributed by atoms with E-state index in [4.69, 9.17) is 10.5 Å². The third-order valence-corrected chi connectivity index (χ3v) is 3.03. The Balaban J connectivity index is 2.15. The van der Waals surface area contributed by atoms with Crippen molar-refractivity contribution in [1.29, 1.82) is 0 Å². The standard InChI is InChI=1S/C13H21N5O2/c1-8(2)16-12-10(11(14)19)7-15-13(18-12)17-9-3-5-20-6-4-9/h7-9H,3-6H2,1-2H3,(H2,14,19)(H2,15,16,17,18). The molecule has 1 aromatic heterocycles. The quantitative estimate of drug-likeness (QED) is 0.742. The van der Waals surface area contributed by atoms with Crippen molar-refractivity contribution < 1.29 is 9.53 Å². The Labute approximate surface area is 118 Å². The van der Waals surface area contributed by atoms with Crippen LogP contribution in [0, 0.1) is 0 Å². The Kier molecular flexibility index (Phi) is 4.73. The van der Waals surface area contributed by atoms with E-state index in [9.17, 15) is 4.79 Å². The van der Waals surface area contributed by atoms with Crippen molar-refractivity contribution in [3.05, 3.63) is 11.8 Å². The van der Waals surface area contributed by atoms with E-state index in [1.165, 1.54) is 6.20 Å². The van der Waals surface area contributed by atoms with Gasteiger partial charge in [-0.2, -0.15) is 4.98 Å². The van der Waals surface area contributed by atoms with Crippen LogP contribution in [0.2, 0.25) is 0 Å². The summed E-state index contributed by atoms with van der Waals surface area (Å²) in [5, 5.41) is 6.38. The number of hydrogen-bond acceptors (Lipinski definition) is 6. The third-order valence-electron chi connectivity index (χ3n) is 3.03. The minimum absolute atomic E-state index is 0.152. The summed E-state index contributed by atoms with van der Waals surface area (Å²) in [4.78, 5) is 19.9. The molecule has 0 spiro atoms. The highest BCUT2D eigenvalue weighted by atomic mass is 16.5. The van der Waals surface area contributed by atoms with E-state index in [1.54, 1.807) is 0 Å². The van der Waals surface area contributed by atoms with Gasteiger partial charge in [0.05, 0.1) is 5.56 Å². The van der Waals surface area contributed by atoms with Gasteiger partial charge in [0.15, 0.2) is 0 Å². The lowest BCUT2D eigenvalue weighted by atomic mass is 10.1. The number of carbonyl (C=O) groups is 1. The van der Waals surface area contributed by atoms with E-state index in [0.717, 1.165) is 26.1 Å². The van der Waals surface area contributed by atoms with Gasteiger partial charge in [0.25, 0.3) is 5.91 Å². The van der Waals surface area contributed by atoms with E-state index in [-0.39, 0.29) is 6.04 Å². The molecular formula is C13H21N5O2. The fourth-order valence-electron chi connectivity index (χ4n) is 2.04. The van der Waals surface area contributed by atoms with E-state index in [0.29, 0.717) is 23.4 Å². The van der Waals surface area contributed by atoms with Gasteiger partial charge in [-0.3, -0.25) is 4.79 Å². The predicted molar refractivity (Wildman–Crippen MR) is 76.8 cm³/mol. The van der Waals surface area contributed by atoms with Crippen LogP contribution in [-0.2, 0) is 4.74 Å². The lowest BCUT2D eigenvalue weighted by Gasteiger charge is -2.23. The average Bonchev–Trinajstić information content (AvgIpc) is 2.39. The Morgan fingerprint density at radius 1 is 1.45 bits per heavy atom. The molecule has 110 valence electrons. The summed E-state index contributed by atoms with van der Waals surface area (Å²) < 4.78 is 5.31. The van der Waals surface area contributed by atoms with Crippen LogP contribution in [0.4, 0.5) is 11.8 Å². The Morgan fingerprint density at radius 2 is 2.15 bits per heavy atom. The van der Waals surface area contributed by atoms with Crippen LogP contribution in [0.25, 0.3) is 0 Å². The van der Waals surface area contributed by atoms with Gasteiger partial charge >= 0.3 is 0 Å². The largest absolute Gasteiger partial charge is 0.381 e. The number of anilines is 2. The molecule has 1 aliphatic heterocycles. The van der Waals surface area contributed by atoms with Crippen LogP contribution in [0.1, 0.15) is 37.0 Å². The van der Waals surface area contributed by atoms with E-state index >= 15 is 0 Å². The van der Waals surface area contributed by atoms with E-state index < -0.39 is 5.91 Å². The fourth-order valence-corrected chi connectivity index (χ4v) is 2.04. The van der Waals surface area contributed by atoms with Gasteiger partial charge in [-0.1, -0.05) is 0 Å². The number of nitrogens with zero attached hydrogens (tertiary/aromatic N) is 2. The molecule has 0 saturated carbocycles. The number of hydrogen-bond donors (Lipinski definition) is 3. The van der Waals surface area contributed by atoms with Gasteiger partial charge in [0.1, 0.15) is 5.82 Å². The Bertz CT molecular complexity index is 472. The molecule has 1 saturated heterocycles. The maximum absolute atomic E-state index is 11.4. The lowest BCUT2D eigenvalue weighted by Crippen LogP contribution is -2.29. The van der Waals surface area contributed by atoms with Crippen molar-refractivity contribution >= 4 is 17.7 Å². The molecule has 0 unspecified atom stereocenters. The predicted octanol–water partition coefficient (Wildman–Crippen LogP) is 0.987. The van der Waals surface area contributed by atoms with E-state index in [2.05, 4.69) is 20.6 Å². The summed E-state index contributed by atoms with van der Waals surface area (Å²) in [6.07, 6.45) is 3.31. The summed E-state index contributed by atoms with van der Waals surface area (Å²) in [7, 11) is 0. The average molecular weight is 279 g/mol. The topological polar surface area (TPSA) is 102 Å². The second-order valence-electron chi connectivity index (χ2n) is 5.15. The first-order valence-electron chi connectivity index (χ1n) is 6.84. The molecule has 0 bridgehead atoms. The van der Waals surface area contributed by atoms with Crippen LogP contribution in [0.5, 0.6) is 0 Å². The SMILES string of the molecule is CC(C)Nc1nc(NC2CCOCC2)ncc1C(N)=O. The molecule has 1 aromatic rings. The molecule has 20 heavy (non-hydrogen) atoms. The Morgan fingerprint density at radius 3 is 2.75 bits per heavy atom. The first-order chi connectivity index (χ1) is 9.56. The highest BCUT2D eigenvalue weighted by Crippen LogP contribution is 2.17. The first-order valence-corrected chi connectivity index (χ1v) is 6.84. The number of aromatic nitrogens is 2. The van der Waals surface area contributed by atoms with Gasteiger partial charge in [-0.05, 0) is 26.7 Å². The monoisotopic (exact) mass is 279 g/mol. The first kappa shape index (κ1) is 14.5. The van der Waals surface area contributed by atoms with Gasteiger partial charge in [0.2, 0.25) is 5.95 Å². The molecule has 0 aromatic carbocycles. The molecule has 1 amide bonds. The maximum Gasteiger partial charge on any atom is 0.254 e. The van der Waals surface area contributed by atoms with E-state index in [1.807, 2.05) is 13.8 Å². The molecule has 7 nitrogen and oxygen atoms in total. The van der Waals surface area contributed by atoms with Crippen molar-refractivity contribution in [2.24, 2.45) is 5.73 Å². The molecule has 4 N–H and O–H groups in total. The normalized spacial score (nSPS) is 16.1. The molecule has 0 radical (unpaired) electrons. The number of amides is 1. The van der Waals surface area contributed by atoms with Crippen LogP contribution in [-0.4, -0.2) is 41.2 Å². The third kappa shape index (κ3) is 3.80. The summed E-state index contributed by atoms with van der Waals surface area (Å²) in [6, 6.07) is 0.453. The second-order valence-corrected chi connectivity index (χ2v) is 5.15. The van der Waals surface area contributed by atoms with Gasteiger partial charge in [-0.15, -0.1) is 0 Å². The van der Waals surface area contributed by atoms with Crippen LogP contribution in [0.15, 0.2) is 6.20 Å². The number of carbonyl (C=O) groups excluding carboxylic acids is 1. The summed E-state index contributed by atoms with van der Waals surface area (Å²) in [6.45, 7) is 5.43. The number of primary amides is 1. The van der Waals surface area contributed by atoms with Crippen LogP contribution < -0.4 is 16.4 Å². The number of ether oxygens (including phenoxy) is 1. The molecule has 1 aliphatic rings. The molecule has 0 aliphatic carbocycles. The Hall–Kier alpha value is -1.89. The zero-order valence-electron chi connectivity index (χ0n) is 11.8. The molecular weight excluding hydrogens is 258 g/mol. The molecule has 0 atom stereocenters. The smallest absolute Gasteiger partial charge is 0.254 e. The number of nitrogens with one attached hydrogen (secondary N) is 2. The second kappa shape index (κ2) is 6.51. The molecule has 2 heterocycles. The van der Waals surface area contributed by atoms with Crippen LogP contribution in [0.3, 0.4) is 0 Å². The number of rotatable bonds is 5. The van der Waals surface area contributed by atoms with Crippen molar-refractivity contribution in [3.8, 4) is 0 Å². The van der Waals surface area contributed by atoms with Gasteiger partial charge in [-0.25, -0.2) is 4.98 Å². The molecule has 2 rings (SSSR count). The molecule has 7 heteroatoms. The summed E-state index contributed by atoms with van der Waals surface area (Å²) >= 11 is 0. The van der Waals surface area contributed by atoms with Crippen molar-refractivity contribution in [1.82, 2.24) is 9.97 Å².